The molecule has 0 spiro atoms. The summed E-state index contributed by atoms with van der Waals surface area (Å²) in [6, 6.07) is 3.75. The highest BCUT2D eigenvalue weighted by molar-refractivity contribution is 6.30. The summed E-state index contributed by atoms with van der Waals surface area (Å²) >= 11 is 5.62. The monoisotopic (exact) mass is 245 g/mol. The lowest BCUT2D eigenvalue weighted by atomic mass is 10.3. The first-order chi connectivity index (χ1) is 7.49. The summed E-state index contributed by atoms with van der Waals surface area (Å²) < 4.78 is 17.6. The van der Waals surface area contributed by atoms with Gasteiger partial charge in [-0.2, -0.15) is 0 Å². The summed E-state index contributed by atoms with van der Waals surface area (Å²) in [5, 5.41) is 2.53. The minimum Gasteiger partial charge on any atom is -0.456 e. The molecule has 0 aliphatic rings. The average Bonchev–Trinajstić information content (AvgIpc) is 2.20. The van der Waals surface area contributed by atoms with E-state index in [0.717, 1.165) is 6.07 Å². The van der Waals surface area contributed by atoms with E-state index in [2.05, 4.69) is 10.1 Å². The van der Waals surface area contributed by atoms with Crippen molar-refractivity contribution >= 4 is 29.2 Å². The molecule has 0 aliphatic carbocycles. The third kappa shape index (κ3) is 3.86. The van der Waals surface area contributed by atoms with Gasteiger partial charge in [0.1, 0.15) is 5.82 Å². The summed E-state index contributed by atoms with van der Waals surface area (Å²) in [5.41, 5.74) is -0.0512. The minimum atomic E-state index is -0.628. The van der Waals surface area contributed by atoms with E-state index < -0.39 is 24.3 Å². The summed E-state index contributed by atoms with van der Waals surface area (Å²) in [6.07, 6.45) is 0. The van der Waals surface area contributed by atoms with Crippen molar-refractivity contribution in [2.24, 2.45) is 0 Å². The van der Waals surface area contributed by atoms with Gasteiger partial charge in [0.25, 0.3) is 5.91 Å². The van der Waals surface area contributed by atoms with Crippen LogP contribution in [0.15, 0.2) is 18.2 Å². The molecule has 0 saturated carbocycles. The molecule has 0 bridgehead atoms. The van der Waals surface area contributed by atoms with Crippen LogP contribution >= 0.6 is 11.6 Å². The second kappa shape index (κ2) is 5.46. The molecule has 0 heterocycles. The molecular weight excluding hydrogens is 237 g/mol. The molecule has 0 fully saturated rings. The standard InChI is InChI=1S/C10H9ClFNO3/c1-6(14)16-5-10(15)13-9-4-7(11)2-3-8(9)12/h2-4H,5H2,1H3,(H,13,15). The van der Waals surface area contributed by atoms with Gasteiger partial charge in [-0.25, -0.2) is 4.39 Å². The van der Waals surface area contributed by atoms with Gasteiger partial charge in [-0.05, 0) is 18.2 Å². The molecule has 6 heteroatoms. The number of amides is 1. The number of hydrogen-bond acceptors (Lipinski definition) is 3. The molecule has 1 amide bonds. The van der Waals surface area contributed by atoms with E-state index in [0.29, 0.717) is 5.02 Å². The van der Waals surface area contributed by atoms with Crippen LogP contribution in [0.5, 0.6) is 0 Å². The fourth-order valence-corrected chi connectivity index (χ4v) is 1.12. The van der Waals surface area contributed by atoms with E-state index in [1.807, 2.05) is 0 Å². The normalized spacial score (nSPS) is 9.69. The lowest BCUT2D eigenvalue weighted by Crippen LogP contribution is -2.20. The van der Waals surface area contributed by atoms with Crippen LogP contribution in [0, 0.1) is 5.82 Å². The van der Waals surface area contributed by atoms with Gasteiger partial charge in [-0.15, -0.1) is 0 Å². The Balaban J connectivity index is 2.62. The maximum absolute atomic E-state index is 13.1. The highest BCUT2D eigenvalue weighted by Gasteiger charge is 2.08. The maximum atomic E-state index is 13.1. The predicted octanol–water partition coefficient (Wildman–Crippen LogP) is 1.98. The van der Waals surface area contributed by atoms with Gasteiger partial charge in [-0.3, -0.25) is 9.59 Å². The van der Waals surface area contributed by atoms with Crippen LogP contribution in [-0.2, 0) is 14.3 Å². The summed E-state index contributed by atoms with van der Waals surface area (Å²) in [7, 11) is 0. The third-order valence-electron chi connectivity index (χ3n) is 1.61. The van der Waals surface area contributed by atoms with E-state index in [-0.39, 0.29) is 5.69 Å². The first-order valence-electron chi connectivity index (χ1n) is 4.37. The Bertz CT molecular complexity index is 423. The quantitative estimate of drug-likeness (QED) is 0.829. The molecule has 0 saturated heterocycles. The predicted molar refractivity (Wildman–Crippen MR) is 56.7 cm³/mol. The molecule has 4 nitrogen and oxygen atoms in total. The lowest BCUT2D eigenvalue weighted by Gasteiger charge is -2.06. The molecule has 0 aliphatic heterocycles. The van der Waals surface area contributed by atoms with Crippen LogP contribution in [0.25, 0.3) is 0 Å². The molecule has 1 aromatic rings. The van der Waals surface area contributed by atoms with Crippen molar-refractivity contribution in [3.05, 3.63) is 29.0 Å². The number of anilines is 1. The Morgan fingerprint density at radius 2 is 2.19 bits per heavy atom. The minimum absolute atomic E-state index is 0.0512. The van der Waals surface area contributed by atoms with Crippen LogP contribution < -0.4 is 5.32 Å². The zero-order valence-electron chi connectivity index (χ0n) is 8.42. The first-order valence-corrected chi connectivity index (χ1v) is 4.75. The second-order valence-corrected chi connectivity index (χ2v) is 3.39. The topological polar surface area (TPSA) is 55.4 Å². The number of ether oxygens (including phenoxy) is 1. The Kier molecular flexibility index (Phi) is 4.25. The van der Waals surface area contributed by atoms with Crippen molar-refractivity contribution in [2.75, 3.05) is 11.9 Å². The van der Waals surface area contributed by atoms with Crippen molar-refractivity contribution in [2.45, 2.75) is 6.92 Å². The van der Waals surface area contributed by atoms with Crippen molar-refractivity contribution in [3.63, 3.8) is 0 Å². The van der Waals surface area contributed by atoms with Crippen LogP contribution in [0.1, 0.15) is 6.92 Å². The highest BCUT2D eigenvalue weighted by Crippen LogP contribution is 2.19. The molecule has 0 unspecified atom stereocenters. The van der Waals surface area contributed by atoms with E-state index in [1.165, 1.54) is 19.1 Å². The van der Waals surface area contributed by atoms with Crippen LogP contribution in [0.2, 0.25) is 5.02 Å². The SMILES string of the molecule is CC(=O)OCC(=O)Nc1cc(Cl)ccc1F. The summed E-state index contributed by atoms with van der Waals surface area (Å²) in [6.45, 7) is 0.717. The fourth-order valence-electron chi connectivity index (χ4n) is 0.947. The number of benzene rings is 1. The van der Waals surface area contributed by atoms with E-state index in [9.17, 15) is 14.0 Å². The Hall–Kier alpha value is -1.62. The Morgan fingerprint density at radius 1 is 1.50 bits per heavy atom. The number of nitrogens with one attached hydrogen (secondary N) is 1. The summed E-state index contributed by atoms with van der Waals surface area (Å²) in [4.78, 5) is 21.6. The van der Waals surface area contributed by atoms with Gasteiger partial charge in [0, 0.05) is 11.9 Å². The van der Waals surface area contributed by atoms with Gasteiger partial charge < -0.3 is 10.1 Å². The number of carbonyl (C=O) groups excluding carboxylic acids is 2. The fraction of sp³-hybridized carbons (Fsp3) is 0.200. The van der Waals surface area contributed by atoms with E-state index in [1.54, 1.807) is 0 Å². The summed E-state index contributed by atoms with van der Waals surface area (Å²) in [5.74, 6) is -1.82. The molecule has 1 aromatic carbocycles. The maximum Gasteiger partial charge on any atom is 0.303 e. The number of halogens is 2. The molecule has 0 radical (unpaired) electrons. The first kappa shape index (κ1) is 12.4. The van der Waals surface area contributed by atoms with Crippen molar-refractivity contribution < 1.29 is 18.7 Å². The zero-order chi connectivity index (χ0) is 12.1. The molecule has 86 valence electrons. The lowest BCUT2D eigenvalue weighted by molar-refractivity contribution is -0.144. The zero-order valence-corrected chi connectivity index (χ0v) is 9.18. The smallest absolute Gasteiger partial charge is 0.303 e. The average molecular weight is 246 g/mol. The van der Waals surface area contributed by atoms with Gasteiger partial charge in [-0.1, -0.05) is 11.6 Å². The third-order valence-corrected chi connectivity index (χ3v) is 1.84. The highest BCUT2D eigenvalue weighted by atomic mass is 35.5. The van der Waals surface area contributed by atoms with Crippen LogP contribution in [0.3, 0.4) is 0 Å². The van der Waals surface area contributed by atoms with E-state index >= 15 is 0 Å². The van der Waals surface area contributed by atoms with Gasteiger partial charge >= 0.3 is 5.97 Å². The molecule has 0 aromatic heterocycles. The second-order valence-electron chi connectivity index (χ2n) is 2.95. The number of rotatable bonds is 3. The van der Waals surface area contributed by atoms with E-state index in [4.69, 9.17) is 11.6 Å². The van der Waals surface area contributed by atoms with Gasteiger partial charge in [0.15, 0.2) is 6.61 Å². The van der Waals surface area contributed by atoms with Crippen molar-refractivity contribution in [1.82, 2.24) is 0 Å². The molecule has 1 N–H and O–H groups in total. The number of carbonyl (C=O) groups is 2. The Morgan fingerprint density at radius 3 is 2.81 bits per heavy atom. The van der Waals surface area contributed by atoms with Crippen molar-refractivity contribution in [1.29, 1.82) is 0 Å². The van der Waals surface area contributed by atoms with Gasteiger partial charge in [0.05, 0.1) is 5.69 Å². The van der Waals surface area contributed by atoms with Crippen molar-refractivity contribution in [3.8, 4) is 0 Å². The number of hydrogen-bond donors (Lipinski definition) is 1. The van der Waals surface area contributed by atoms with Gasteiger partial charge in [0.2, 0.25) is 0 Å². The largest absolute Gasteiger partial charge is 0.456 e. The molecule has 0 atom stereocenters. The van der Waals surface area contributed by atoms with Crippen LogP contribution in [-0.4, -0.2) is 18.5 Å². The molecule has 16 heavy (non-hydrogen) atoms. The Labute approximate surface area is 96.3 Å². The van der Waals surface area contributed by atoms with Crippen LogP contribution in [0.4, 0.5) is 10.1 Å². The molecule has 1 rings (SSSR count). The molecular formula is C10H9ClFNO3. The number of esters is 1.